The summed E-state index contributed by atoms with van der Waals surface area (Å²) < 4.78 is 11.8. The number of imidazole rings is 1. The highest BCUT2D eigenvalue weighted by atomic mass is 35.5. The van der Waals surface area contributed by atoms with Crippen molar-refractivity contribution in [2.75, 3.05) is 0 Å². The molecule has 0 aliphatic heterocycles. The minimum atomic E-state index is 0.238. The normalized spacial score (nSPS) is 11.0. The summed E-state index contributed by atoms with van der Waals surface area (Å²) >= 11 is 11.7. The number of furan rings is 1. The quantitative estimate of drug-likeness (QED) is 0.740. The summed E-state index contributed by atoms with van der Waals surface area (Å²) in [7, 11) is 0. The van der Waals surface area contributed by atoms with E-state index in [1.54, 1.807) is 16.7 Å². The fraction of sp³-hybridized carbons (Fsp3) is 0.100. The summed E-state index contributed by atoms with van der Waals surface area (Å²) in [5.41, 5.74) is 0. The van der Waals surface area contributed by atoms with E-state index >= 15 is 0 Å². The van der Waals surface area contributed by atoms with Crippen LogP contribution >= 0.6 is 23.2 Å². The number of halogens is 2. The first-order valence-corrected chi connectivity index (χ1v) is 5.72. The highest BCUT2D eigenvalue weighted by Crippen LogP contribution is 2.21. The van der Waals surface area contributed by atoms with E-state index in [0.29, 0.717) is 29.2 Å². The minimum Gasteiger partial charge on any atom is -0.461 e. The summed E-state index contributed by atoms with van der Waals surface area (Å²) in [6, 6.07) is 3.49. The maximum atomic E-state index is 5.93. The van der Waals surface area contributed by atoms with E-state index in [4.69, 9.17) is 32.1 Å². The molecule has 3 aromatic heterocycles. The van der Waals surface area contributed by atoms with Crippen LogP contribution in [0.1, 0.15) is 5.89 Å². The van der Waals surface area contributed by atoms with Crippen molar-refractivity contribution in [1.82, 2.24) is 19.7 Å². The van der Waals surface area contributed by atoms with Gasteiger partial charge in [0.05, 0.1) is 12.6 Å². The van der Waals surface area contributed by atoms with Crippen LogP contribution in [0, 0.1) is 0 Å². The molecule has 8 heteroatoms. The van der Waals surface area contributed by atoms with Crippen molar-refractivity contribution in [2.24, 2.45) is 0 Å². The van der Waals surface area contributed by atoms with Gasteiger partial charge in [-0.15, -0.1) is 0 Å². The van der Waals surface area contributed by atoms with Crippen LogP contribution in [0.25, 0.3) is 11.6 Å². The van der Waals surface area contributed by atoms with E-state index in [1.165, 1.54) is 12.6 Å². The Morgan fingerprint density at radius 3 is 2.89 bits per heavy atom. The van der Waals surface area contributed by atoms with Gasteiger partial charge in [0.2, 0.25) is 11.7 Å². The summed E-state index contributed by atoms with van der Waals surface area (Å²) in [5, 5.41) is 4.37. The zero-order valence-corrected chi connectivity index (χ0v) is 10.4. The Morgan fingerprint density at radius 2 is 2.22 bits per heavy atom. The van der Waals surface area contributed by atoms with Gasteiger partial charge in [0, 0.05) is 0 Å². The first-order valence-electron chi connectivity index (χ1n) is 4.96. The van der Waals surface area contributed by atoms with Crippen molar-refractivity contribution >= 4 is 23.2 Å². The molecule has 0 aliphatic carbocycles. The summed E-state index contributed by atoms with van der Waals surface area (Å²) in [6.07, 6.45) is 3.04. The van der Waals surface area contributed by atoms with Gasteiger partial charge in [-0.25, -0.2) is 4.98 Å². The van der Waals surface area contributed by atoms with Crippen LogP contribution in [0.3, 0.4) is 0 Å². The van der Waals surface area contributed by atoms with Crippen molar-refractivity contribution in [1.29, 1.82) is 0 Å². The first kappa shape index (κ1) is 11.3. The molecular formula is C10H6Cl2N4O2. The molecule has 0 atom stereocenters. The third-order valence-electron chi connectivity index (χ3n) is 2.25. The number of hydrogen-bond acceptors (Lipinski definition) is 5. The number of rotatable bonds is 3. The fourth-order valence-electron chi connectivity index (χ4n) is 1.42. The Labute approximate surface area is 111 Å². The highest BCUT2D eigenvalue weighted by Gasteiger charge is 2.13. The Bertz CT molecular complexity index is 659. The lowest BCUT2D eigenvalue weighted by Gasteiger charge is -1.97. The van der Waals surface area contributed by atoms with Crippen LogP contribution in [0.15, 0.2) is 33.7 Å². The molecule has 0 saturated carbocycles. The molecule has 3 heterocycles. The molecule has 0 spiro atoms. The molecular weight excluding hydrogens is 279 g/mol. The van der Waals surface area contributed by atoms with Crippen molar-refractivity contribution < 1.29 is 8.94 Å². The van der Waals surface area contributed by atoms with Gasteiger partial charge < -0.3 is 13.5 Å². The molecule has 18 heavy (non-hydrogen) atoms. The Hall–Kier alpha value is -1.79. The van der Waals surface area contributed by atoms with Crippen LogP contribution in [0.2, 0.25) is 10.3 Å². The zero-order chi connectivity index (χ0) is 12.5. The van der Waals surface area contributed by atoms with Gasteiger partial charge in [-0.3, -0.25) is 0 Å². The number of hydrogen-bond donors (Lipinski definition) is 0. The van der Waals surface area contributed by atoms with Crippen LogP contribution in [-0.4, -0.2) is 19.7 Å². The van der Waals surface area contributed by atoms with E-state index in [2.05, 4.69) is 15.1 Å². The second-order valence-corrected chi connectivity index (χ2v) is 4.16. The second kappa shape index (κ2) is 4.47. The van der Waals surface area contributed by atoms with Gasteiger partial charge in [0.1, 0.15) is 11.7 Å². The molecule has 0 bridgehead atoms. The molecule has 0 aromatic carbocycles. The van der Waals surface area contributed by atoms with Gasteiger partial charge in [0.15, 0.2) is 10.9 Å². The fourth-order valence-corrected chi connectivity index (χ4v) is 1.73. The third kappa shape index (κ3) is 2.00. The SMILES string of the molecule is Clc1ncn(Cc2nc(-c3ccco3)no2)c1Cl. The van der Waals surface area contributed by atoms with Crippen LogP contribution in [-0.2, 0) is 6.54 Å². The molecule has 0 amide bonds. The lowest BCUT2D eigenvalue weighted by Crippen LogP contribution is -1.98. The maximum Gasteiger partial charge on any atom is 0.247 e. The zero-order valence-electron chi connectivity index (χ0n) is 8.88. The maximum absolute atomic E-state index is 5.93. The topological polar surface area (TPSA) is 69.9 Å². The van der Waals surface area contributed by atoms with E-state index in [1.807, 2.05) is 0 Å². The highest BCUT2D eigenvalue weighted by molar-refractivity contribution is 6.40. The lowest BCUT2D eigenvalue weighted by molar-refractivity contribution is 0.370. The average Bonchev–Trinajstić information content (AvgIpc) is 3.06. The molecule has 0 fully saturated rings. The molecule has 0 saturated heterocycles. The molecule has 0 unspecified atom stereocenters. The molecule has 6 nitrogen and oxygen atoms in total. The third-order valence-corrected chi connectivity index (χ3v) is 3.02. The van der Waals surface area contributed by atoms with Crippen molar-refractivity contribution in [3.05, 3.63) is 40.9 Å². The van der Waals surface area contributed by atoms with E-state index in [-0.39, 0.29) is 5.15 Å². The number of aromatic nitrogens is 4. The minimum absolute atomic E-state index is 0.238. The average molecular weight is 285 g/mol. The largest absolute Gasteiger partial charge is 0.461 e. The summed E-state index contributed by atoms with van der Waals surface area (Å²) in [5.74, 6) is 1.31. The predicted octanol–water partition coefficient (Wildman–Crippen LogP) is 2.88. The van der Waals surface area contributed by atoms with Crippen molar-refractivity contribution in [2.45, 2.75) is 6.54 Å². The Morgan fingerprint density at radius 1 is 1.33 bits per heavy atom. The Kier molecular flexibility index (Phi) is 2.81. The predicted molar refractivity (Wildman–Crippen MR) is 63.3 cm³/mol. The standard InChI is InChI=1S/C10H6Cl2N4O2/c11-8-9(12)16(5-13-8)4-7-14-10(15-18-7)6-2-1-3-17-6/h1-3,5H,4H2. The van der Waals surface area contributed by atoms with Crippen molar-refractivity contribution in [3.8, 4) is 11.6 Å². The first-order chi connectivity index (χ1) is 8.74. The molecule has 0 radical (unpaired) electrons. The van der Waals surface area contributed by atoms with E-state index in [0.717, 1.165) is 0 Å². The van der Waals surface area contributed by atoms with Gasteiger partial charge in [-0.2, -0.15) is 4.98 Å². The molecule has 3 rings (SSSR count). The van der Waals surface area contributed by atoms with E-state index in [9.17, 15) is 0 Å². The molecule has 92 valence electrons. The van der Waals surface area contributed by atoms with Crippen LogP contribution in [0.5, 0.6) is 0 Å². The monoisotopic (exact) mass is 284 g/mol. The van der Waals surface area contributed by atoms with Crippen LogP contribution < -0.4 is 0 Å². The van der Waals surface area contributed by atoms with Gasteiger partial charge in [-0.05, 0) is 12.1 Å². The molecule has 3 aromatic rings. The number of nitrogens with zero attached hydrogens (tertiary/aromatic N) is 4. The van der Waals surface area contributed by atoms with E-state index < -0.39 is 0 Å². The van der Waals surface area contributed by atoms with Crippen molar-refractivity contribution in [3.63, 3.8) is 0 Å². The smallest absolute Gasteiger partial charge is 0.247 e. The van der Waals surface area contributed by atoms with Gasteiger partial charge >= 0.3 is 0 Å². The lowest BCUT2D eigenvalue weighted by atomic mass is 10.4. The van der Waals surface area contributed by atoms with Crippen LogP contribution in [0.4, 0.5) is 0 Å². The summed E-state index contributed by atoms with van der Waals surface area (Å²) in [4.78, 5) is 8.03. The Balaban J connectivity index is 1.84. The van der Waals surface area contributed by atoms with Gasteiger partial charge in [-0.1, -0.05) is 28.4 Å². The molecule has 0 N–H and O–H groups in total. The second-order valence-electron chi connectivity index (χ2n) is 3.44. The van der Waals surface area contributed by atoms with Gasteiger partial charge in [0.25, 0.3) is 0 Å². The summed E-state index contributed by atoms with van der Waals surface area (Å²) in [6.45, 7) is 0.298. The molecule has 0 aliphatic rings.